The summed E-state index contributed by atoms with van der Waals surface area (Å²) >= 11 is 6.14. The van der Waals surface area contributed by atoms with E-state index in [9.17, 15) is 4.79 Å². The molecule has 6 heteroatoms. The maximum atomic E-state index is 11.9. The third-order valence-corrected chi connectivity index (χ3v) is 5.42. The van der Waals surface area contributed by atoms with Gasteiger partial charge in [0.1, 0.15) is 0 Å². The van der Waals surface area contributed by atoms with Crippen molar-refractivity contribution in [2.75, 3.05) is 19.7 Å². The predicted octanol–water partition coefficient (Wildman–Crippen LogP) is 3.74. The maximum absolute atomic E-state index is 11.9. The van der Waals surface area contributed by atoms with Crippen molar-refractivity contribution in [1.82, 2.24) is 4.90 Å². The molecule has 128 valence electrons. The summed E-state index contributed by atoms with van der Waals surface area (Å²) in [5, 5.41) is 0.757. The molecule has 1 aliphatic heterocycles. The lowest BCUT2D eigenvalue weighted by Crippen LogP contribution is -2.49. The van der Waals surface area contributed by atoms with Gasteiger partial charge in [0.15, 0.2) is 0 Å². The highest BCUT2D eigenvalue weighted by Gasteiger charge is 2.39. The first-order chi connectivity index (χ1) is 10.6. The number of hydrogen-bond donors (Lipinski definition) is 1. The molecule has 2 fully saturated rings. The van der Waals surface area contributed by atoms with Crippen LogP contribution in [0.1, 0.15) is 37.7 Å². The molecular formula is C17H24Cl2N2O2. The molecule has 1 saturated carbocycles. The fraction of sp³-hybridized carbons (Fsp3) is 0.588. The normalized spacial score (nSPS) is 28.0. The Morgan fingerprint density at radius 2 is 2.09 bits per heavy atom. The Morgan fingerprint density at radius 3 is 2.70 bits per heavy atom. The molecular weight excluding hydrogens is 335 g/mol. The lowest BCUT2D eigenvalue weighted by atomic mass is 9.68. The van der Waals surface area contributed by atoms with E-state index in [1.807, 2.05) is 23.1 Å². The minimum Gasteiger partial charge on any atom is -0.449 e. The zero-order valence-corrected chi connectivity index (χ0v) is 14.7. The van der Waals surface area contributed by atoms with Gasteiger partial charge >= 0.3 is 6.09 Å². The van der Waals surface area contributed by atoms with Crippen LogP contribution in [0.25, 0.3) is 0 Å². The zero-order chi connectivity index (χ0) is 15.6. The molecule has 0 aromatic heterocycles. The Morgan fingerprint density at radius 1 is 1.35 bits per heavy atom. The molecule has 2 N–H and O–H groups in total. The second kappa shape index (κ2) is 7.73. The van der Waals surface area contributed by atoms with Gasteiger partial charge in [-0.2, -0.15) is 0 Å². The van der Waals surface area contributed by atoms with Gasteiger partial charge in [-0.15, -0.1) is 12.4 Å². The average molecular weight is 359 g/mol. The van der Waals surface area contributed by atoms with Crippen molar-refractivity contribution < 1.29 is 9.53 Å². The van der Waals surface area contributed by atoms with E-state index < -0.39 is 0 Å². The highest BCUT2D eigenvalue weighted by Crippen LogP contribution is 2.41. The van der Waals surface area contributed by atoms with Crippen LogP contribution in [-0.4, -0.2) is 36.7 Å². The fourth-order valence-electron chi connectivity index (χ4n) is 3.80. The molecule has 23 heavy (non-hydrogen) atoms. The summed E-state index contributed by atoms with van der Waals surface area (Å²) in [6.07, 6.45) is 4.69. The Balaban J connectivity index is 0.00000192. The number of rotatable bonds is 3. The first-order valence-corrected chi connectivity index (χ1v) is 8.42. The van der Waals surface area contributed by atoms with Gasteiger partial charge in [0.05, 0.1) is 6.61 Å². The maximum Gasteiger partial charge on any atom is 0.410 e. The van der Waals surface area contributed by atoms with Crippen LogP contribution in [0.3, 0.4) is 0 Å². The summed E-state index contributed by atoms with van der Waals surface area (Å²) in [6, 6.07) is 8.32. The Kier molecular flexibility index (Phi) is 6.18. The summed E-state index contributed by atoms with van der Waals surface area (Å²) < 4.78 is 5.17. The molecule has 3 rings (SSSR count). The van der Waals surface area contributed by atoms with Gasteiger partial charge in [0, 0.05) is 29.6 Å². The van der Waals surface area contributed by atoms with Crippen molar-refractivity contribution in [2.24, 2.45) is 5.73 Å². The SMILES string of the molecule is Cl.NC[C@]1(c2cccc(Cl)c2)CC[C@@H](N2CCCOC2=O)CC1. The summed E-state index contributed by atoms with van der Waals surface area (Å²) in [6.45, 7) is 1.98. The van der Waals surface area contributed by atoms with Gasteiger partial charge in [-0.3, -0.25) is 0 Å². The van der Waals surface area contributed by atoms with Crippen LogP contribution in [0.2, 0.25) is 5.02 Å². The van der Waals surface area contributed by atoms with Crippen LogP contribution >= 0.6 is 24.0 Å². The number of carbonyl (C=O) groups excluding carboxylic acids is 1. The standard InChI is InChI=1S/C17H23ClN2O2.ClH/c18-14-4-1-3-13(11-14)17(12-19)7-5-15(6-8-17)20-9-2-10-22-16(20)21;/h1,3-4,11,15H,2,5-10,12,19H2;1H/t15-,17+;. The lowest BCUT2D eigenvalue weighted by Gasteiger charge is -2.44. The minimum absolute atomic E-state index is 0. The molecule has 0 bridgehead atoms. The van der Waals surface area contributed by atoms with E-state index in [0.29, 0.717) is 13.2 Å². The highest BCUT2D eigenvalue weighted by atomic mass is 35.5. The summed E-state index contributed by atoms with van der Waals surface area (Å²) in [5.74, 6) is 0. The Hall–Kier alpha value is -0.970. The van der Waals surface area contributed by atoms with Crippen molar-refractivity contribution in [3.8, 4) is 0 Å². The van der Waals surface area contributed by atoms with Gasteiger partial charge in [-0.1, -0.05) is 23.7 Å². The van der Waals surface area contributed by atoms with Crippen molar-refractivity contribution in [1.29, 1.82) is 0 Å². The van der Waals surface area contributed by atoms with Crippen molar-refractivity contribution in [3.63, 3.8) is 0 Å². The quantitative estimate of drug-likeness (QED) is 0.894. The van der Waals surface area contributed by atoms with Crippen molar-refractivity contribution in [3.05, 3.63) is 34.9 Å². The van der Waals surface area contributed by atoms with Gasteiger partial charge in [-0.25, -0.2) is 4.79 Å². The largest absolute Gasteiger partial charge is 0.449 e. The van der Waals surface area contributed by atoms with Crippen molar-refractivity contribution in [2.45, 2.75) is 43.6 Å². The number of nitrogens with two attached hydrogens (primary N) is 1. The number of ether oxygens (including phenoxy) is 1. The lowest BCUT2D eigenvalue weighted by molar-refractivity contribution is 0.0407. The predicted molar refractivity (Wildman–Crippen MR) is 94.4 cm³/mol. The molecule has 4 nitrogen and oxygen atoms in total. The molecule has 0 spiro atoms. The Labute approximate surface area is 148 Å². The number of cyclic esters (lactones) is 1. The van der Waals surface area contributed by atoms with E-state index in [0.717, 1.165) is 43.7 Å². The minimum atomic E-state index is -0.153. The summed E-state index contributed by atoms with van der Waals surface area (Å²) in [7, 11) is 0. The monoisotopic (exact) mass is 358 g/mol. The third-order valence-electron chi connectivity index (χ3n) is 5.18. The van der Waals surface area contributed by atoms with Crippen LogP contribution in [0.4, 0.5) is 4.79 Å². The molecule has 1 saturated heterocycles. The molecule has 1 aliphatic carbocycles. The molecule has 2 aliphatic rings. The van der Waals surface area contributed by atoms with E-state index in [1.165, 1.54) is 5.56 Å². The molecule has 1 aromatic rings. The third kappa shape index (κ3) is 3.76. The van der Waals surface area contributed by atoms with Gasteiger partial charge < -0.3 is 15.4 Å². The van der Waals surface area contributed by atoms with Crippen molar-refractivity contribution >= 4 is 30.1 Å². The van der Waals surface area contributed by atoms with Crippen LogP contribution in [-0.2, 0) is 10.2 Å². The molecule has 1 heterocycles. The van der Waals surface area contributed by atoms with Crippen LogP contribution < -0.4 is 5.73 Å². The summed E-state index contributed by atoms with van der Waals surface area (Å²) in [5.41, 5.74) is 7.33. The second-order valence-corrected chi connectivity index (χ2v) is 6.82. The number of nitrogens with zero attached hydrogens (tertiary/aromatic N) is 1. The molecule has 1 amide bonds. The first kappa shape index (κ1) is 18.4. The van der Waals surface area contributed by atoms with E-state index in [4.69, 9.17) is 22.1 Å². The number of benzene rings is 1. The topological polar surface area (TPSA) is 55.6 Å². The number of amides is 1. The molecule has 0 unspecified atom stereocenters. The van der Waals surface area contributed by atoms with Crippen LogP contribution in [0.15, 0.2) is 24.3 Å². The number of hydrogen-bond acceptors (Lipinski definition) is 3. The highest BCUT2D eigenvalue weighted by molar-refractivity contribution is 6.30. The molecule has 0 radical (unpaired) electrons. The fourth-order valence-corrected chi connectivity index (χ4v) is 3.99. The van der Waals surface area contributed by atoms with Gasteiger partial charge in [0.2, 0.25) is 0 Å². The average Bonchev–Trinajstić information content (AvgIpc) is 2.55. The zero-order valence-electron chi connectivity index (χ0n) is 13.2. The molecule has 0 atom stereocenters. The van der Waals surface area contributed by atoms with E-state index in [1.54, 1.807) is 0 Å². The van der Waals surface area contributed by atoms with Gasteiger partial charge in [0.25, 0.3) is 0 Å². The van der Waals surface area contributed by atoms with Gasteiger partial charge in [-0.05, 0) is 49.8 Å². The van der Waals surface area contributed by atoms with Crippen LogP contribution in [0, 0.1) is 0 Å². The van der Waals surface area contributed by atoms with Crippen LogP contribution in [0.5, 0.6) is 0 Å². The number of halogens is 2. The molecule has 1 aromatic carbocycles. The second-order valence-electron chi connectivity index (χ2n) is 6.39. The number of carbonyl (C=O) groups is 1. The van der Waals surface area contributed by atoms with E-state index in [2.05, 4.69) is 6.07 Å². The van der Waals surface area contributed by atoms with E-state index >= 15 is 0 Å². The first-order valence-electron chi connectivity index (χ1n) is 8.04. The smallest absolute Gasteiger partial charge is 0.410 e. The van der Waals surface area contributed by atoms with E-state index in [-0.39, 0.29) is 30.0 Å². The summed E-state index contributed by atoms with van der Waals surface area (Å²) in [4.78, 5) is 13.8. The Bertz CT molecular complexity index is 545.